The van der Waals surface area contributed by atoms with E-state index in [4.69, 9.17) is 5.73 Å². The Kier molecular flexibility index (Phi) is 9.96. The van der Waals surface area contributed by atoms with Crippen molar-refractivity contribution in [1.29, 1.82) is 0 Å². The number of carbonyl (C=O) groups excluding carboxylic acids is 3. The van der Waals surface area contributed by atoms with Gasteiger partial charge in [0.1, 0.15) is 12.1 Å². The lowest BCUT2D eigenvalue weighted by Gasteiger charge is -2.30. The molecule has 170 valence electrons. The average molecular weight is 432 g/mol. The first-order valence-electron chi connectivity index (χ1n) is 10.8. The first-order chi connectivity index (χ1) is 14.8. The number of benzene rings is 1. The second-order valence-corrected chi connectivity index (χ2v) is 7.95. The van der Waals surface area contributed by atoms with E-state index < -0.39 is 31.1 Å². The third-order valence-corrected chi connectivity index (χ3v) is 5.45. The van der Waals surface area contributed by atoms with Gasteiger partial charge in [-0.25, -0.2) is 0 Å². The van der Waals surface area contributed by atoms with Gasteiger partial charge in [0.05, 0.1) is 5.94 Å². The van der Waals surface area contributed by atoms with E-state index in [-0.39, 0.29) is 11.8 Å². The van der Waals surface area contributed by atoms with E-state index in [9.17, 15) is 24.4 Å². The summed E-state index contributed by atoms with van der Waals surface area (Å²) in [4.78, 5) is 39.3. The fourth-order valence-electron chi connectivity index (χ4n) is 3.88. The second-order valence-electron chi connectivity index (χ2n) is 7.95. The molecule has 1 aromatic rings. The summed E-state index contributed by atoms with van der Waals surface area (Å²) < 4.78 is 0. The third kappa shape index (κ3) is 7.64. The molecule has 0 spiro atoms. The molecule has 9 nitrogen and oxygen atoms in total. The maximum Gasteiger partial charge on any atom is 0.475 e. The SMILES string of the molecule is CC(=O)N[C@H](Cc1ccccc1)C(=O)N1CCC[C@H]1C(=O)N[C@@H](CCCCN)B(O)O. The van der Waals surface area contributed by atoms with Crippen LogP contribution in [-0.4, -0.2) is 70.9 Å². The molecule has 0 unspecified atom stereocenters. The molecule has 0 bridgehead atoms. The smallest absolute Gasteiger partial charge is 0.426 e. The number of nitrogens with one attached hydrogen (secondary N) is 2. The number of hydrogen-bond donors (Lipinski definition) is 5. The molecule has 1 heterocycles. The molecular weight excluding hydrogens is 399 g/mol. The molecular formula is C21H33BN4O5. The van der Waals surface area contributed by atoms with Crippen LogP contribution in [0.4, 0.5) is 0 Å². The quantitative estimate of drug-likeness (QED) is 0.232. The normalized spacial score (nSPS) is 17.7. The van der Waals surface area contributed by atoms with Gasteiger partial charge in [0.2, 0.25) is 17.7 Å². The monoisotopic (exact) mass is 432 g/mol. The van der Waals surface area contributed by atoms with E-state index in [0.717, 1.165) is 5.56 Å². The van der Waals surface area contributed by atoms with Crippen molar-refractivity contribution in [3.63, 3.8) is 0 Å². The van der Waals surface area contributed by atoms with Crippen molar-refractivity contribution in [1.82, 2.24) is 15.5 Å². The molecule has 3 amide bonds. The van der Waals surface area contributed by atoms with Crippen LogP contribution in [0.15, 0.2) is 30.3 Å². The van der Waals surface area contributed by atoms with E-state index in [1.807, 2.05) is 30.3 Å². The number of likely N-dealkylation sites (tertiary alicyclic amines) is 1. The van der Waals surface area contributed by atoms with Gasteiger partial charge in [-0.2, -0.15) is 0 Å². The topological polar surface area (TPSA) is 145 Å². The molecule has 31 heavy (non-hydrogen) atoms. The Morgan fingerprint density at radius 1 is 1.19 bits per heavy atom. The van der Waals surface area contributed by atoms with Gasteiger partial charge < -0.3 is 31.3 Å². The van der Waals surface area contributed by atoms with Crippen molar-refractivity contribution in [3.8, 4) is 0 Å². The lowest BCUT2D eigenvalue weighted by atomic mass is 9.76. The van der Waals surface area contributed by atoms with Crippen molar-refractivity contribution >= 4 is 24.8 Å². The van der Waals surface area contributed by atoms with Crippen molar-refractivity contribution in [2.75, 3.05) is 13.1 Å². The third-order valence-electron chi connectivity index (χ3n) is 5.45. The average Bonchev–Trinajstić information content (AvgIpc) is 3.22. The molecule has 0 saturated carbocycles. The highest BCUT2D eigenvalue weighted by atomic mass is 16.4. The van der Waals surface area contributed by atoms with Gasteiger partial charge in [-0.1, -0.05) is 36.8 Å². The standard InChI is InChI=1S/C21H33BN4O5/c1-15(27)24-17(14-16-8-3-2-4-9-16)21(29)26-13-7-10-18(26)20(28)25-19(22(30)31)11-5-6-12-23/h2-4,8-9,17-19,30-31H,5-7,10-14,23H2,1H3,(H,24,27)(H,25,28)/t17-,18+,19+/m1/s1. The fraction of sp³-hybridized carbons (Fsp3) is 0.571. The molecule has 0 aromatic heterocycles. The van der Waals surface area contributed by atoms with Gasteiger partial charge in [-0.05, 0) is 37.8 Å². The van der Waals surface area contributed by atoms with Gasteiger partial charge in [0, 0.05) is 19.9 Å². The van der Waals surface area contributed by atoms with Crippen LogP contribution in [0.3, 0.4) is 0 Å². The number of nitrogens with two attached hydrogens (primary N) is 1. The number of unbranched alkanes of at least 4 members (excludes halogenated alkanes) is 1. The summed E-state index contributed by atoms with van der Waals surface area (Å²) in [6.07, 6.45) is 3.19. The molecule has 1 aliphatic heterocycles. The fourth-order valence-corrected chi connectivity index (χ4v) is 3.88. The lowest BCUT2D eigenvalue weighted by Crippen LogP contribution is -2.56. The first kappa shape index (κ1) is 24.8. The molecule has 6 N–H and O–H groups in total. The Morgan fingerprint density at radius 2 is 1.90 bits per heavy atom. The number of nitrogens with zero attached hydrogens (tertiary/aromatic N) is 1. The van der Waals surface area contributed by atoms with Gasteiger partial charge >= 0.3 is 7.12 Å². The zero-order chi connectivity index (χ0) is 22.8. The van der Waals surface area contributed by atoms with E-state index in [2.05, 4.69) is 10.6 Å². The summed E-state index contributed by atoms with van der Waals surface area (Å²) in [6, 6.07) is 7.87. The molecule has 2 rings (SSSR count). The Balaban J connectivity index is 2.08. The minimum absolute atomic E-state index is 0.319. The van der Waals surface area contributed by atoms with Crippen LogP contribution in [0.5, 0.6) is 0 Å². The van der Waals surface area contributed by atoms with Crippen molar-refractivity contribution in [2.45, 2.75) is 63.5 Å². The van der Waals surface area contributed by atoms with Crippen molar-refractivity contribution in [2.24, 2.45) is 5.73 Å². The van der Waals surface area contributed by atoms with E-state index in [0.29, 0.717) is 51.6 Å². The molecule has 3 atom stereocenters. The minimum Gasteiger partial charge on any atom is -0.426 e. The lowest BCUT2D eigenvalue weighted by molar-refractivity contribution is -0.141. The van der Waals surface area contributed by atoms with Crippen LogP contribution in [0.2, 0.25) is 0 Å². The van der Waals surface area contributed by atoms with Gasteiger partial charge in [0.15, 0.2) is 0 Å². The van der Waals surface area contributed by atoms with Crippen LogP contribution in [0, 0.1) is 0 Å². The highest BCUT2D eigenvalue weighted by molar-refractivity contribution is 6.43. The molecule has 1 saturated heterocycles. The van der Waals surface area contributed by atoms with Crippen molar-refractivity contribution < 1.29 is 24.4 Å². The Bertz CT molecular complexity index is 734. The highest BCUT2D eigenvalue weighted by Gasteiger charge is 2.39. The number of carbonyl (C=O) groups is 3. The van der Waals surface area contributed by atoms with Gasteiger partial charge in [0.25, 0.3) is 0 Å². The van der Waals surface area contributed by atoms with Gasteiger partial charge in [-0.15, -0.1) is 0 Å². The van der Waals surface area contributed by atoms with E-state index >= 15 is 0 Å². The predicted molar refractivity (Wildman–Crippen MR) is 118 cm³/mol. The minimum atomic E-state index is -1.70. The van der Waals surface area contributed by atoms with Crippen molar-refractivity contribution in [3.05, 3.63) is 35.9 Å². The summed E-state index contributed by atoms with van der Waals surface area (Å²) in [7, 11) is -1.70. The van der Waals surface area contributed by atoms with E-state index in [1.54, 1.807) is 0 Å². The summed E-state index contributed by atoms with van der Waals surface area (Å²) >= 11 is 0. The summed E-state index contributed by atoms with van der Waals surface area (Å²) in [5, 5.41) is 24.6. The summed E-state index contributed by atoms with van der Waals surface area (Å²) in [6.45, 7) is 2.24. The Hall–Kier alpha value is -2.43. The highest BCUT2D eigenvalue weighted by Crippen LogP contribution is 2.20. The number of rotatable bonds is 11. The molecule has 1 aliphatic rings. The Labute approximate surface area is 183 Å². The maximum absolute atomic E-state index is 13.2. The number of amides is 3. The molecule has 10 heteroatoms. The molecule has 0 radical (unpaired) electrons. The summed E-state index contributed by atoms with van der Waals surface area (Å²) in [5.74, 6) is -1.89. The predicted octanol–water partition coefficient (Wildman–Crippen LogP) is -0.649. The second kappa shape index (κ2) is 12.4. The van der Waals surface area contributed by atoms with Crippen LogP contribution in [0.1, 0.15) is 44.6 Å². The zero-order valence-corrected chi connectivity index (χ0v) is 18.0. The van der Waals surface area contributed by atoms with E-state index in [1.165, 1.54) is 11.8 Å². The van der Waals surface area contributed by atoms with Gasteiger partial charge in [-0.3, -0.25) is 14.4 Å². The Morgan fingerprint density at radius 3 is 2.52 bits per heavy atom. The van der Waals surface area contributed by atoms with Crippen LogP contribution in [-0.2, 0) is 20.8 Å². The summed E-state index contributed by atoms with van der Waals surface area (Å²) in [5.41, 5.74) is 6.38. The molecule has 0 aliphatic carbocycles. The zero-order valence-electron chi connectivity index (χ0n) is 18.0. The molecule has 1 aromatic carbocycles. The number of hydrogen-bond acceptors (Lipinski definition) is 6. The largest absolute Gasteiger partial charge is 0.475 e. The van der Waals surface area contributed by atoms with Crippen LogP contribution < -0.4 is 16.4 Å². The first-order valence-corrected chi connectivity index (χ1v) is 10.8. The van der Waals surface area contributed by atoms with Crippen LogP contribution in [0.25, 0.3) is 0 Å². The van der Waals surface area contributed by atoms with Crippen LogP contribution >= 0.6 is 0 Å². The molecule has 1 fully saturated rings. The maximum atomic E-state index is 13.2.